The highest BCUT2D eigenvalue weighted by Crippen LogP contribution is 2.12. The molecule has 0 fully saturated rings. The number of nitrogens with one attached hydrogen (secondary N) is 1. The lowest BCUT2D eigenvalue weighted by atomic mass is 10.3. The van der Waals surface area contributed by atoms with Gasteiger partial charge in [0.05, 0.1) is 4.88 Å². The van der Waals surface area contributed by atoms with Crippen LogP contribution in [0.4, 0.5) is 4.39 Å². The van der Waals surface area contributed by atoms with Crippen molar-refractivity contribution in [3.8, 4) is 0 Å². The molecule has 0 aliphatic carbocycles. The molecule has 80 valence electrons. The third-order valence-corrected chi connectivity index (χ3v) is 2.38. The number of carbonyl (C=O) groups excluding carboxylic acids is 1. The second-order valence-corrected chi connectivity index (χ2v) is 3.34. The van der Waals surface area contributed by atoms with Gasteiger partial charge in [0.15, 0.2) is 0 Å². The van der Waals surface area contributed by atoms with E-state index in [9.17, 15) is 9.18 Å². The van der Waals surface area contributed by atoms with Gasteiger partial charge in [0.1, 0.15) is 6.67 Å². The fourth-order valence-electron chi connectivity index (χ4n) is 0.798. The summed E-state index contributed by atoms with van der Waals surface area (Å²) in [4.78, 5) is 11.8. The lowest BCUT2D eigenvalue weighted by Gasteiger charge is -1.97. The van der Waals surface area contributed by atoms with Gasteiger partial charge in [-0.05, 0) is 23.9 Å². The first-order valence-corrected chi connectivity index (χ1v) is 5.51. The molecule has 14 heavy (non-hydrogen) atoms. The first-order chi connectivity index (χ1) is 6.74. The maximum Gasteiger partial charge on any atom is 0.261 e. The number of aryl methyl sites for hydroxylation is 1. The van der Waals surface area contributed by atoms with Gasteiger partial charge in [-0.3, -0.25) is 4.79 Å². The molecular formula is C10H16FNOS. The van der Waals surface area contributed by atoms with Crippen LogP contribution in [-0.4, -0.2) is 19.1 Å². The third kappa shape index (κ3) is 4.37. The Morgan fingerprint density at radius 2 is 2.21 bits per heavy atom. The van der Waals surface area contributed by atoms with Gasteiger partial charge in [-0.15, -0.1) is 11.3 Å². The first kappa shape index (κ1) is 13.1. The summed E-state index contributed by atoms with van der Waals surface area (Å²) in [7, 11) is 0. The topological polar surface area (TPSA) is 29.1 Å². The maximum atomic E-state index is 11.7. The molecule has 0 aromatic carbocycles. The smallest absolute Gasteiger partial charge is 0.261 e. The molecule has 2 nitrogen and oxygen atoms in total. The number of halogens is 1. The number of amides is 1. The summed E-state index contributed by atoms with van der Waals surface area (Å²) in [6.07, 6.45) is 0. The predicted molar refractivity (Wildman–Crippen MR) is 58.7 cm³/mol. The normalized spacial score (nSPS) is 8.86. The molecular weight excluding hydrogens is 201 g/mol. The zero-order valence-electron chi connectivity index (χ0n) is 8.76. The summed E-state index contributed by atoms with van der Waals surface area (Å²) >= 11 is 1.37. The van der Waals surface area contributed by atoms with Crippen molar-refractivity contribution in [3.63, 3.8) is 0 Å². The van der Waals surface area contributed by atoms with E-state index in [0.29, 0.717) is 4.88 Å². The highest BCUT2D eigenvalue weighted by Gasteiger charge is 2.05. The molecule has 1 amide bonds. The Kier molecular flexibility index (Phi) is 7.02. The lowest BCUT2D eigenvalue weighted by Crippen LogP contribution is -2.24. The third-order valence-electron chi connectivity index (χ3n) is 1.33. The molecule has 1 aromatic rings. The Morgan fingerprint density at radius 1 is 1.57 bits per heavy atom. The molecule has 1 rings (SSSR count). The van der Waals surface area contributed by atoms with Crippen LogP contribution in [0, 0.1) is 6.92 Å². The Balaban J connectivity index is 0.000000791. The number of carbonyl (C=O) groups is 1. The van der Waals surface area contributed by atoms with Crippen molar-refractivity contribution in [1.82, 2.24) is 5.32 Å². The minimum Gasteiger partial charge on any atom is -0.349 e. The Hall–Kier alpha value is -0.900. The van der Waals surface area contributed by atoms with E-state index in [0.717, 1.165) is 5.56 Å². The van der Waals surface area contributed by atoms with Gasteiger partial charge in [0, 0.05) is 6.54 Å². The quantitative estimate of drug-likeness (QED) is 0.828. The molecule has 0 saturated carbocycles. The van der Waals surface area contributed by atoms with Crippen LogP contribution in [0.1, 0.15) is 29.1 Å². The molecule has 0 saturated heterocycles. The molecule has 0 spiro atoms. The van der Waals surface area contributed by atoms with Crippen molar-refractivity contribution in [2.75, 3.05) is 13.2 Å². The van der Waals surface area contributed by atoms with Gasteiger partial charge >= 0.3 is 0 Å². The van der Waals surface area contributed by atoms with Crippen LogP contribution in [0.5, 0.6) is 0 Å². The number of alkyl halides is 1. The summed E-state index contributed by atoms with van der Waals surface area (Å²) in [6.45, 7) is 5.49. The molecule has 1 heterocycles. The van der Waals surface area contributed by atoms with Crippen LogP contribution in [0.25, 0.3) is 0 Å². The van der Waals surface area contributed by atoms with Crippen LogP contribution >= 0.6 is 11.3 Å². The van der Waals surface area contributed by atoms with Crippen molar-refractivity contribution in [3.05, 3.63) is 21.9 Å². The zero-order valence-corrected chi connectivity index (χ0v) is 9.58. The Bertz CT molecular complexity index is 273. The van der Waals surface area contributed by atoms with E-state index in [-0.39, 0.29) is 12.5 Å². The SMILES string of the molecule is CC.Cc1csc(C(=O)NCCF)c1. The number of hydrogen-bond donors (Lipinski definition) is 1. The van der Waals surface area contributed by atoms with Crippen LogP contribution in [-0.2, 0) is 0 Å². The van der Waals surface area contributed by atoms with Crippen LogP contribution in [0.3, 0.4) is 0 Å². The molecule has 0 unspecified atom stereocenters. The maximum absolute atomic E-state index is 11.7. The van der Waals surface area contributed by atoms with E-state index in [1.165, 1.54) is 11.3 Å². The van der Waals surface area contributed by atoms with Crippen LogP contribution in [0.15, 0.2) is 11.4 Å². The highest BCUT2D eigenvalue weighted by molar-refractivity contribution is 7.12. The van der Waals surface area contributed by atoms with Gasteiger partial charge in [-0.25, -0.2) is 4.39 Å². The number of hydrogen-bond acceptors (Lipinski definition) is 2. The molecule has 0 radical (unpaired) electrons. The van der Waals surface area contributed by atoms with Crippen molar-refractivity contribution >= 4 is 17.2 Å². The Labute approximate surface area is 88.1 Å². The van der Waals surface area contributed by atoms with Crippen LogP contribution in [0.2, 0.25) is 0 Å². The largest absolute Gasteiger partial charge is 0.349 e. The van der Waals surface area contributed by atoms with E-state index in [1.54, 1.807) is 6.07 Å². The predicted octanol–water partition coefficient (Wildman–Crippen LogP) is 2.78. The summed E-state index contributed by atoms with van der Waals surface area (Å²) < 4.78 is 11.7. The molecule has 4 heteroatoms. The van der Waals surface area contributed by atoms with E-state index in [4.69, 9.17) is 0 Å². The summed E-state index contributed by atoms with van der Waals surface area (Å²) in [5.74, 6) is -0.189. The zero-order chi connectivity index (χ0) is 11.0. The fourth-order valence-corrected chi connectivity index (χ4v) is 1.61. The second-order valence-electron chi connectivity index (χ2n) is 2.43. The molecule has 0 aliphatic rings. The average molecular weight is 217 g/mol. The minimum atomic E-state index is -0.518. The van der Waals surface area contributed by atoms with Crippen molar-refractivity contribution in [2.24, 2.45) is 0 Å². The van der Waals surface area contributed by atoms with E-state index in [1.807, 2.05) is 26.2 Å². The number of rotatable bonds is 3. The number of thiophene rings is 1. The van der Waals surface area contributed by atoms with E-state index >= 15 is 0 Å². The Morgan fingerprint density at radius 3 is 2.64 bits per heavy atom. The standard InChI is InChI=1S/C8H10FNOS.C2H6/c1-6-4-7(12-5-6)8(11)10-3-2-9;1-2/h4-5H,2-3H2,1H3,(H,10,11);1-2H3. The van der Waals surface area contributed by atoms with Gasteiger partial charge in [-0.2, -0.15) is 0 Å². The monoisotopic (exact) mass is 217 g/mol. The van der Waals surface area contributed by atoms with Crippen molar-refractivity contribution in [1.29, 1.82) is 0 Å². The molecule has 0 aliphatic heterocycles. The van der Waals surface area contributed by atoms with Gasteiger partial charge in [-0.1, -0.05) is 13.8 Å². The van der Waals surface area contributed by atoms with Gasteiger partial charge < -0.3 is 5.32 Å². The van der Waals surface area contributed by atoms with E-state index in [2.05, 4.69) is 5.32 Å². The fraction of sp³-hybridized carbons (Fsp3) is 0.500. The molecule has 1 N–H and O–H groups in total. The van der Waals surface area contributed by atoms with Gasteiger partial charge in [0.25, 0.3) is 5.91 Å². The lowest BCUT2D eigenvalue weighted by molar-refractivity contribution is 0.0955. The van der Waals surface area contributed by atoms with Crippen molar-refractivity contribution < 1.29 is 9.18 Å². The average Bonchev–Trinajstić information content (AvgIpc) is 2.64. The summed E-state index contributed by atoms with van der Waals surface area (Å²) in [5.41, 5.74) is 1.06. The summed E-state index contributed by atoms with van der Waals surface area (Å²) in [6, 6.07) is 1.79. The molecule has 0 atom stereocenters. The second kappa shape index (κ2) is 7.50. The minimum absolute atomic E-state index is 0.0930. The van der Waals surface area contributed by atoms with Crippen LogP contribution < -0.4 is 5.32 Å². The summed E-state index contributed by atoms with van der Waals surface area (Å²) in [5, 5.41) is 4.35. The van der Waals surface area contributed by atoms with E-state index < -0.39 is 6.67 Å². The van der Waals surface area contributed by atoms with Gasteiger partial charge in [0.2, 0.25) is 0 Å². The molecule has 0 bridgehead atoms. The first-order valence-electron chi connectivity index (χ1n) is 4.63. The van der Waals surface area contributed by atoms with Crippen molar-refractivity contribution in [2.45, 2.75) is 20.8 Å². The molecule has 1 aromatic heterocycles. The highest BCUT2D eigenvalue weighted by atomic mass is 32.1.